The summed E-state index contributed by atoms with van der Waals surface area (Å²) < 4.78 is 0. The Kier molecular flexibility index (Phi) is 5.80. The number of nitrogens with one attached hydrogen (secondary N) is 1. The highest BCUT2D eigenvalue weighted by molar-refractivity contribution is 5.86. The number of aromatic nitrogens is 1. The van der Waals surface area contributed by atoms with Crippen LogP contribution in [0.2, 0.25) is 0 Å². The average Bonchev–Trinajstić information content (AvgIpc) is 2.90. The molecule has 1 aromatic carbocycles. The molecular weight excluding hydrogens is 314 g/mol. The molecule has 0 aliphatic heterocycles. The van der Waals surface area contributed by atoms with Crippen LogP contribution in [0.25, 0.3) is 11.8 Å². The molecule has 1 unspecified atom stereocenters. The highest BCUT2D eigenvalue weighted by Gasteiger charge is 2.28. The maximum Gasteiger partial charge on any atom is 0.174 e. The van der Waals surface area contributed by atoms with E-state index in [4.69, 9.17) is 16.7 Å². The molecule has 0 saturated heterocycles. The lowest BCUT2D eigenvalue weighted by atomic mass is 9.78. The Balaban J connectivity index is 2.51. The fourth-order valence-electron chi connectivity index (χ4n) is 3.47. The minimum absolute atomic E-state index is 0.0555. The molecule has 136 valence electrons. The fraction of sp³-hybridized carbons (Fsp3) is 0.400. The molecule has 0 spiro atoms. The fourth-order valence-corrected chi connectivity index (χ4v) is 3.47. The summed E-state index contributed by atoms with van der Waals surface area (Å²) in [5.74, 6) is 0.918. The van der Waals surface area contributed by atoms with Gasteiger partial charge in [0, 0.05) is 27.9 Å². The second-order valence-electron chi connectivity index (χ2n) is 6.80. The van der Waals surface area contributed by atoms with Gasteiger partial charge in [0.25, 0.3) is 0 Å². The molecule has 0 aliphatic rings. The van der Waals surface area contributed by atoms with Crippen LogP contribution in [0.15, 0.2) is 24.3 Å². The number of nitrogen functional groups attached to an aromatic ring is 1. The van der Waals surface area contributed by atoms with Gasteiger partial charge in [0.2, 0.25) is 0 Å². The van der Waals surface area contributed by atoms with E-state index >= 15 is 0 Å². The largest absolute Gasteiger partial charge is 0.398 e. The standard InChI is InChI=1S/C20H29N3O2/c1-5-11-20(4,6-2)18-13(3)15(19(22)23-18)12-16(21)14-9-7-8-10-17(14)25-24/h7-10,12,23-24H,5-6,11,21-22H2,1-4H3/b16-12-. The van der Waals surface area contributed by atoms with Crippen molar-refractivity contribution in [1.82, 2.24) is 4.98 Å². The lowest BCUT2D eigenvalue weighted by Gasteiger charge is -2.28. The number of nitrogens with two attached hydrogens (primary N) is 2. The van der Waals surface area contributed by atoms with Crippen LogP contribution >= 0.6 is 0 Å². The van der Waals surface area contributed by atoms with Crippen LogP contribution < -0.4 is 16.4 Å². The third-order valence-electron chi connectivity index (χ3n) is 5.11. The maximum atomic E-state index is 9.03. The quantitative estimate of drug-likeness (QED) is 0.433. The minimum atomic E-state index is 0.0555. The van der Waals surface area contributed by atoms with Crippen LogP contribution in [0.5, 0.6) is 5.75 Å². The van der Waals surface area contributed by atoms with Crippen molar-refractivity contribution in [3.05, 3.63) is 46.6 Å². The summed E-state index contributed by atoms with van der Waals surface area (Å²) in [5, 5.41) is 9.03. The molecule has 25 heavy (non-hydrogen) atoms. The maximum absolute atomic E-state index is 9.03. The molecule has 5 heteroatoms. The highest BCUT2D eigenvalue weighted by atomic mass is 17.1. The van der Waals surface area contributed by atoms with E-state index in [1.165, 1.54) is 5.69 Å². The Labute approximate surface area is 149 Å². The molecule has 1 aromatic heterocycles. The number of anilines is 1. The molecule has 0 amide bonds. The van der Waals surface area contributed by atoms with E-state index < -0.39 is 0 Å². The van der Waals surface area contributed by atoms with Crippen molar-refractivity contribution in [2.24, 2.45) is 5.73 Å². The van der Waals surface area contributed by atoms with E-state index in [0.717, 1.165) is 30.4 Å². The van der Waals surface area contributed by atoms with E-state index in [2.05, 4.69) is 37.6 Å². The molecule has 0 radical (unpaired) electrons. The number of hydrogen-bond donors (Lipinski definition) is 4. The van der Waals surface area contributed by atoms with E-state index in [0.29, 0.717) is 22.8 Å². The third-order valence-corrected chi connectivity index (χ3v) is 5.11. The van der Waals surface area contributed by atoms with Crippen molar-refractivity contribution < 1.29 is 10.1 Å². The van der Waals surface area contributed by atoms with Gasteiger partial charge < -0.3 is 21.3 Å². The van der Waals surface area contributed by atoms with Crippen LogP contribution in [0.3, 0.4) is 0 Å². The molecule has 2 rings (SSSR count). The van der Waals surface area contributed by atoms with Crippen LogP contribution in [0.4, 0.5) is 5.82 Å². The third kappa shape index (κ3) is 3.66. The van der Waals surface area contributed by atoms with Crippen molar-refractivity contribution in [3.63, 3.8) is 0 Å². The van der Waals surface area contributed by atoms with Gasteiger partial charge in [-0.25, -0.2) is 5.26 Å². The predicted octanol–water partition coefficient (Wildman–Crippen LogP) is 4.68. The van der Waals surface area contributed by atoms with Gasteiger partial charge in [-0.1, -0.05) is 39.3 Å². The molecule has 5 nitrogen and oxygen atoms in total. The van der Waals surface area contributed by atoms with Crippen molar-refractivity contribution >= 4 is 17.6 Å². The first-order valence-corrected chi connectivity index (χ1v) is 8.74. The van der Waals surface area contributed by atoms with E-state index in [-0.39, 0.29) is 5.41 Å². The average molecular weight is 343 g/mol. The van der Waals surface area contributed by atoms with Crippen molar-refractivity contribution in [2.75, 3.05) is 5.73 Å². The topological polar surface area (TPSA) is 97.3 Å². The summed E-state index contributed by atoms with van der Waals surface area (Å²) in [5.41, 5.74) is 16.8. The van der Waals surface area contributed by atoms with Gasteiger partial charge in [-0.3, -0.25) is 0 Å². The molecule has 0 saturated carbocycles. The van der Waals surface area contributed by atoms with E-state index in [1.807, 2.05) is 12.1 Å². The van der Waals surface area contributed by atoms with E-state index in [1.54, 1.807) is 18.2 Å². The number of rotatable bonds is 7. The summed E-state index contributed by atoms with van der Waals surface area (Å²) in [6, 6.07) is 7.06. The normalized spacial score (nSPS) is 14.4. The first kappa shape index (κ1) is 18.9. The van der Waals surface area contributed by atoms with Gasteiger partial charge in [-0.2, -0.15) is 0 Å². The van der Waals surface area contributed by atoms with Crippen LogP contribution in [0.1, 0.15) is 62.4 Å². The molecule has 0 fully saturated rings. The zero-order chi connectivity index (χ0) is 18.6. The number of aromatic amines is 1. The Hall–Kier alpha value is -2.40. The first-order chi connectivity index (χ1) is 11.9. The minimum Gasteiger partial charge on any atom is -0.398 e. The van der Waals surface area contributed by atoms with Gasteiger partial charge >= 0.3 is 0 Å². The van der Waals surface area contributed by atoms with Crippen molar-refractivity contribution in [2.45, 2.75) is 52.4 Å². The Morgan fingerprint density at radius 1 is 1.32 bits per heavy atom. The molecule has 6 N–H and O–H groups in total. The lowest BCUT2D eigenvalue weighted by Crippen LogP contribution is -2.22. The van der Waals surface area contributed by atoms with Crippen LogP contribution in [-0.2, 0) is 5.41 Å². The smallest absolute Gasteiger partial charge is 0.174 e. The van der Waals surface area contributed by atoms with Crippen molar-refractivity contribution in [1.29, 1.82) is 0 Å². The lowest BCUT2D eigenvalue weighted by molar-refractivity contribution is -0.137. The van der Waals surface area contributed by atoms with Gasteiger partial charge in [-0.05, 0) is 43.5 Å². The predicted molar refractivity (Wildman–Crippen MR) is 104 cm³/mol. The number of benzene rings is 1. The molecule has 0 bridgehead atoms. The highest BCUT2D eigenvalue weighted by Crippen LogP contribution is 2.38. The summed E-state index contributed by atoms with van der Waals surface area (Å²) in [6.07, 6.45) is 5.06. The van der Waals surface area contributed by atoms with E-state index in [9.17, 15) is 0 Å². The zero-order valence-corrected chi connectivity index (χ0v) is 15.5. The summed E-state index contributed by atoms with van der Waals surface area (Å²) in [4.78, 5) is 7.79. The first-order valence-electron chi connectivity index (χ1n) is 8.74. The summed E-state index contributed by atoms with van der Waals surface area (Å²) in [6.45, 7) is 8.73. The molecule has 2 aromatic rings. The number of hydrogen-bond acceptors (Lipinski definition) is 4. The molecular formula is C20H29N3O2. The monoisotopic (exact) mass is 343 g/mol. The Bertz CT molecular complexity index is 764. The molecule has 1 heterocycles. The van der Waals surface area contributed by atoms with Crippen LogP contribution in [-0.4, -0.2) is 10.2 Å². The van der Waals surface area contributed by atoms with Crippen LogP contribution in [0, 0.1) is 6.92 Å². The number of H-pyrrole nitrogens is 1. The summed E-state index contributed by atoms with van der Waals surface area (Å²) in [7, 11) is 0. The van der Waals surface area contributed by atoms with Gasteiger partial charge in [0.05, 0.1) is 0 Å². The van der Waals surface area contributed by atoms with Gasteiger partial charge in [0.15, 0.2) is 5.75 Å². The molecule has 0 aliphatic carbocycles. The zero-order valence-electron chi connectivity index (χ0n) is 15.5. The second-order valence-corrected chi connectivity index (χ2v) is 6.80. The van der Waals surface area contributed by atoms with Gasteiger partial charge in [-0.15, -0.1) is 0 Å². The SMILES string of the molecule is CCCC(C)(CC)c1[nH]c(N)c(/C=C(\N)c2ccccc2OO)c1C. The second kappa shape index (κ2) is 7.66. The van der Waals surface area contributed by atoms with Gasteiger partial charge in [0.1, 0.15) is 5.82 Å². The Morgan fingerprint density at radius 3 is 2.60 bits per heavy atom. The summed E-state index contributed by atoms with van der Waals surface area (Å²) >= 11 is 0. The number of para-hydroxylation sites is 1. The van der Waals surface area contributed by atoms with Crippen molar-refractivity contribution in [3.8, 4) is 5.75 Å². The molecule has 1 atom stereocenters. The Morgan fingerprint density at radius 2 is 2.00 bits per heavy atom.